The number of hydrogen-bond acceptors (Lipinski definition) is 5. The molecule has 6 heteroatoms. The van der Waals surface area contributed by atoms with Crippen LogP contribution in [-0.2, 0) is 11.4 Å². The summed E-state index contributed by atoms with van der Waals surface area (Å²) >= 11 is 0. The van der Waals surface area contributed by atoms with Gasteiger partial charge in [0.05, 0.1) is 0 Å². The van der Waals surface area contributed by atoms with Crippen molar-refractivity contribution < 1.29 is 19.0 Å². The fraction of sp³-hybridized carbons (Fsp3) is 0.278. The first-order chi connectivity index (χ1) is 11.7. The zero-order chi connectivity index (χ0) is 16.8. The second-order valence-corrected chi connectivity index (χ2v) is 5.41. The Bertz CT molecular complexity index is 718. The van der Waals surface area contributed by atoms with Gasteiger partial charge in [-0.3, -0.25) is 4.79 Å². The Labute approximate surface area is 140 Å². The van der Waals surface area contributed by atoms with Gasteiger partial charge >= 0.3 is 0 Å². The van der Waals surface area contributed by atoms with Gasteiger partial charge in [-0.1, -0.05) is 12.1 Å². The lowest BCUT2D eigenvalue weighted by Crippen LogP contribution is -2.18. The van der Waals surface area contributed by atoms with Gasteiger partial charge in [-0.25, -0.2) is 0 Å². The van der Waals surface area contributed by atoms with Crippen LogP contribution in [0.1, 0.15) is 12.0 Å². The summed E-state index contributed by atoms with van der Waals surface area (Å²) in [5, 5.41) is 5.83. The topological polar surface area (TPSA) is 68.8 Å². The number of carbonyl (C=O) groups excluding carboxylic acids is 1. The van der Waals surface area contributed by atoms with Gasteiger partial charge in [0.1, 0.15) is 12.4 Å². The third-order valence-electron chi connectivity index (χ3n) is 3.56. The predicted molar refractivity (Wildman–Crippen MR) is 90.5 cm³/mol. The van der Waals surface area contributed by atoms with Crippen molar-refractivity contribution in [3.63, 3.8) is 0 Å². The largest absolute Gasteiger partial charge is 0.489 e. The molecule has 126 valence electrons. The number of amides is 1. The molecule has 0 saturated heterocycles. The highest BCUT2D eigenvalue weighted by Gasteiger charge is 2.13. The van der Waals surface area contributed by atoms with Crippen LogP contribution in [0.2, 0.25) is 0 Å². The van der Waals surface area contributed by atoms with E-state index < -0.39 is 0 Å². The molecule has 0 spiro atoms. The molecule has 0 saturated carbocycles. The molecular weight excluding hydrogens is 308 g/mol. The van der Waals surface area contributed by atoms with Gasteiger partial charge in [0, 0.05) is 24.7 Å². The molecule has 0 aliphatic carbocycles. The standard InChI is InChI=1S/C18H20N2O4/c1-19-8-7-18(21)20-14-4-2-3-13(9-14)11-22-15-5-6-16-17(10-15)24-12-23-16/h2-6,9-10,19H,7-8,11-12H2,1H3,(H,20,21). The summed E-state index contributed by atoms with van der Waals surface area (Å²) in [5.74, 6) is 2.12. The minimum atomic E-state index is -0.0156. The van der Waals surface area contributed by atoms with Crippen LogP contribution in [0.3, 0.4) is 0 Å². The first kappa shape index (κ1) is 16.1. The Hall–Kier alpha value is -2.73. The summed E-state index contributed by atoms with van der Waals surface area (Å²) in [6.45, 7) is 1.30. The van der Waals surface area contributed by atoms with E-state index >= 15 is 0 Å². The summed E-state index contributed by atoms with van der Waals surface area (Å²) < 4.78 is 16.4. The number of fused-ring (bicyclic) bond motifs is 1. The van der Waals surface area contributed by atoms with Crippen molar-refractivity contribution in [1.29, 1.82) is 0 Å². The van der Waals surface area contributed by atoms with Gasteiger partial charge in [0.25, 0.3) is 0 Å². The molecule has 6 nitrogen and oxygen atoms in total. The lowest BCUT2D eigenvalue weighted by atomic mass is 10.2. The third kappa shape index (κ3) is 4.17. The number of benzene rings is 2. The van der Waals surface area contributed by atoms with Gasteiger partial charge in [-0.05, 0) is 36.9 Å². The first-order valence-electron chi connectivity index (χ1n) is 7.80. The molecule has 0 bridgehead atoms. The van der Waals surface area contributed by atoms with E-state index in [1.54, 1.807) is 0 Å². The highest BCUT2D eigenvalue weighted by atomic mass is 16.7. The maximum absolute atomic E-state index is 11.8. The number of hydrogen-bond donors (Lipinski definition) is 2. The van der Waals surface area contributed by atoms with Gasteiger partial charge < -0.3 is 24.8 Å². The average molecular weight is 328 g/mol. The van der Waals surface area contributed by atoms with E-state index in [2.05, 4.69) is 10.6 Å². The van der Waals surface area contributed by atoms with Gasteiger partial charge in [0.15, 0.2) is 11.5 Å². The van der Waals surface area contributed by atoms with Crippen LogP contribution in [0, 0.1) is 0 Å². The highest BCUT2D eigenvalue weighted by molar-refractivity contribution is 5.90. The highest BCUT2D eigenvalue weighted by Crippen LogP contribution is 2.35. The van der Waals surface area contributed by atoms with Crippen molar-refractivity contribution in [2.24, 2.45) is 0 Å². The second kappa shape index (κ2) is 7.70. The molecule has 1 aliphatic rings. The van der Waals surface area contributed by atoms with Crippen molar-refractivity contribution in [1.82, 2.24) is 5.32 Å². The fourth-order valence-electron chi connectivity index (χ4n) is 2.33. The maximum Gasteiger partial charge on any atom is 0.231 e. The molecule has 2 aromatic carbocycles. The van der Waals surface area contributed by atoms with Crippen molar-refractivity contribution in [3.05, 3.63) is 48.0 Å². The van der Waals surface area contributed by atoms with E-state index in [9.17, 15) is 4.79 Å². The zero-order valence-electron chi connectivity index (χ0n) is 13.5. The molecule has 3 rings (SSSR count). The monoisotopic (exact) mass is 328 g/mol. The Balaban J connectivity index is 1.57. The van der Waals surface area contributed by atoms with Crippen LogP contribution in [0.15, 0.2) is 42.5 Å². The molecule has 2 N–H and O–H groups in total. The average Bonchev–Trinajstić information content (AvgIpc) is 3.06. The smallest absolute Gasteiger partial charge is 0.231 e. The van der Waals surface area contributed by atoms with E-state index in [1.807, 2.05) is 49.5 Å². The predicted octanol–water partition coefficient (Wildman–Crippen LogP) is 2.54. The van der Waals surface area contributed by atoms with Crippen molar-refractivity contribution in [2.45, 2.75) is 13.0 Å². The minimum absolute atomic E-state index is 0.0156. The normalized spacial score (nSPS) is 12.0. The first-order valence-corrected chi connectivity index (χ1v) is 7.80. The van der Waals surface area contributed by atoms with Gasteiger partial charge in [0.2, 0.25) is 12.7 Å². The summed E-state index contributed by atoms with van der Waals surface area (Å²) in [6, 6.07) is 13.1. The van der Waals surface area contributed by atoms with Crippen molar-refractivity contribution in [3.8, 4) is 17.2 Å². The van der Waals surface area contributed by atoms with E-state index in [0.29, 0.717) is 31.1 Å². The number of carbonyl (C=O) groups is 1. The van der Waals surface area contributed by atoms with Crippen LogP contribution in [-0.4, -0.2) is 26.3 Å². The zero-order valence-corrected chi connectivity index (χ0v) is 13.5. The second-order valence-electron chi connectivity index (χ2n) is 5.41. The molecule has 24 heavy (non-hydrogen) atoms. The molecule has 1 aliphatic heterocycles. The van der Waals surface area contributed by atoms with Crippen molar-refractivity contribution in [2.75, 3.05) is 25.7 Å². The quantitative estimate of drug-likeness (QED) is 0.817. The lowest BCUT2D eigenvalue weighted by molar-refractivity contribution is -0.116. The number of anilines is 1. The SMILES string of the molecule is CNCCC(=O)Nc1cccc(COc2ccc3c(c2)OCO3)c1. The third-order valence-corrected chi connectivity index (χ3v) is 3.56. The summed E-state index contributed by atoms with van der Waals surface area (Å²) in [7, 11) is 1.82. The van der Waals surface area contributed by atoms with Crippen LogP contribution in [0.5, 0.6) is 17.2 Å². The molecule has 0 aromatic heterocycles. The van der Waals surface area contributed by atoms with Crippen LogP contribution in [0.25, 0.3) is 0 Å². The van der Waals surface area contributed by atoms with Crippen LogP contribution < -0.4 is 24.8 Å². The van der Waals surface area contributed by atoms with Crippen molar-refractivity contribution >= 4 is 11.6 Å². The Kier molecular flexibility index (Phi) is 5.18. The summed E-state index contributed by atoms with van der Waals surface area (Å²) in [4.78, 5) is 11.8. The number of ether oxygens (including phenoxy) is 3. The molecular formula is C18H20N2O4. The van der Waals surface area contributed by atoms with Crippen LogP contribution in [0.4, 0.5) is 5.69 Å². The summed E-state index contributed by atoms with van der Waals surface area (Å²) in [6.07, 6.45) is 0.439. The Morgan fingerprint density at radius 3 is 2.92 bits per heavy atom. The molecule has 0 fully saturated rings. The lowest BCUT2D eigenvalue weighted by Gasteiger charge is -2.09. The fourth-order valence-corrected chi connectivity index (χ4v) is 2.33. The Morgan fingerprint density at radius 1 is 1.17 bits per heavy atom. The minimum Gasteiger partial charge on any atom is -0.489 e. The van der Waals surface area contributed by atoms with Crippen LogP contribution >= 0.6 is 0 Å². The van der Waals surface area contributed by atoms with E-state index in [4.69, 9.17) is 14.2 Å². The molecule has 0 radical (unpaired) electrons. The van der Waals surface area contributed by atoms with E-state index in [-0.39, 0.29) is 12.7 Å². The molecule has 1 heterocycles. The summed E-state index contributed by atoms with van der Waals surface area (Å²) in [5.41, 5.74) is 1.74. The Morgan fingerprint density at radius 2 is 2.04 bits per heavy atom. The van der Waals surface area contributed by atoms with E-state index in [0.717, 1.165) is 17.0 Å². The van der Waals surface area contributed by atoms with Gasteiger partial charge in [-0.15, -0.1) is 0 Å². The molecule has 1 amide bonds. The molecule has 0 atom stereocenters. The van der Waals surface area contributed by atoms with Gasteiger partial charge in [-0.2, -0.15) is 0 Å². The number of rotatable bonds is 7. The number of nitrogens with one attached hydrogen (secondary N) is 2. The van der Waals surface area contributed by atoms with E-state index in [1.165, 1.54) is 0 Å². The molecule has 0 unspecified atom stereocenters. The maximum atomic E-state index is 11.8. The molecule has 2 aromatic rings.